The molecule has 2 fully saturated rings. The van der Waals surface area contributed by atoms with Gasteiger partial charge < -0.3 is 15.5 Å². The van der Waals surface area contributed by atoms with E-state index in [0.29, 0.717) is 38.4 Å². The normalized spacial score (nSPS) is 22.8. The predicted octanol–water partition coefficient (Wildman–Crippen LogP) is 3.47. The lowest BCUT2D eigenvalue weighted by Crippen LogP contribution is -2.39. The van der Waals surface area contributed by atoms with Gasteiger partial charge in [0.1, 0.15) is 11.6 Å². The van der Waals surface area contributed by atoms with Crippen LogP contribution in [0.15, 0.2) is 53.5 Å². The molecule has 2 aliphatic rings. The van der Waals surface area contributed by atoms with Gasteiger partial charge in [-0.05, 0) is 37.5 Å². The summed E-state index contributed by atoms with van der Waals surface area (Å²) in [6.07, 6.45) is 2.02. The lowest BCUT2D eigenvalue weighted by atomic mass is 10.1. The maximum absolute atomic E-state index is 14.0. The van der Waals surface area contributed by atoms with Crippen LogP contribution in [0.4, 0.5) is 8.78 Å². The van der Waals surface area contributed by atoms with Crippen LogP contribution in [-0.2, 0) is 11.2 Å². The fourth-order valence-corrected chi connectivity index (χ4v) is 4.36. The maximum Gasteiger partial charge on any atom is 0.223 e. The van der Waals surface area contributed by atoms with Gasteiger partial charge in [-0.15, -0.1) is 0 Å². The molecule has 1 aliphatic heterocycles. The van der Waals surface area contributed by atoms with Gasteiger partial charge in [0, 0.05) is 56.0 Å². The Morgan fingerprint density at radius 2 is 1.88 bits per heavy atom. The Morgan fingerprint density at radius 1 is 1.12 bits per heavy atom. The molecule has 0 radical (unpaired) electrons. The van der Waals surface area contributed by atoms with E-state index >= 15 is 0 Å². The number of benzene rings is 2. The molecule has 4 rings (SSSR count). The second-order valence-corrected chi connectivity index (χ2v) is 8.59. The Kier molecular flexibility index (Phi) is 7.02. The van der Waals surface area contributed by atoms with E-state index < -0.39 is 11.6 Å². The SMILES string of the molecule is CCNC(=NCC1CC(=O)N(CCc2ccccc2)C1)NC1CC1c1c(F)cccc1F. The molecule has 1 heterocycles. The first kappa shape index (κ1) is 22.2. The average Bonchev–Trinajstić information content (AvgIpc) is 3.43. The molecule has 170 valence electrons. The highest BCUT2D eigenvalue weighted by atomic mass is 19.1. The van der Waals surface area contributed by atoms with Gasteiger partial charge in [-0.3, -0.25) is 9.79 Å². The van der Waals surface area contributed by atoms with E-state index in [0.717, 1.165) is 13.0 Å². The van der Waals surface area contributed by atoms with Crippen molar-refractivity contribution in [1.82, 2.24) is 15.5 Å². The Hall–Kier alpha value is -2.96. The van der Waals surface area contributed by atoms with E-state index in [1.807, 2.05) is 30.0 Å². The van der Waals surface area contributed by atoms with Crippen LogP contribution in [0, 0.1) is 17.6 Å². The highest BCUT2D eigenvalue weighted by Crippen LogP contribution is 2.43. The standard InChI is InChI=1S/C25H30F2N4O/c1-2-28-25(30-22-14-19(22)24-20(26)9-6-10-21(24)27)29-15-18-13-23(32)31(16-18)12-11-17-7-4-3-5-8-17/h3-10,18-19,22H,2,11-16H2,1H3,(H2,28,29,30). The molecule has 2 aromatic rings. The zero-order valence-electron chi connectivity index (χ0n) is 18.4. The molecule has 2 N–H and O–H groups in total. The number of halogens is 2. The molecule has 0 spiro atoms. The lowest BCUT2D eigenvalue weighted by molar-refractivity contribution is -0.127. The van der Waals surface area contributed by atoms with Crippen LogP contribution in [0.1, 0.15) is 36.8 Å². The van der Waals surface area contributed by atoms with Crippen molar-refractivity contribution in [1.29, 1.82) is 0 Å². The zero-order valence-corrected chi connectivity index (χ0v) is 18.4. The maximum atomic E-state index is 14.0. The van der Waals surface area contributed by atoms with Gasteiger partial charge in [-0.1, -0.05) is 36.4 Å². The van der Waals surface area contributed by atoms with E-state index in [2.05, 4.69) is 27.8 Å². The minimum atomic E-state index is -0.499. The number of carbonyl (C=O) groups is 1. The second kappa shape index (κ2) is 10.1. The molecule has 3 atom stereocenters. The molecular formula is C25H30F2N4O. The number of nitrogens with zero attached hydrogens (tertiary/aromatic N) is 2. The van der Waals surface area contributed by atoms with Crippen molar-refractivity contribution in [2.24, 2.45) is 10.9 Å². The monoisotopic (exact) mass is 440 g/mol. The van der Waals surface area contributed by atoms with Crippen LogP contribution < -0.4 is 10.6 Å². The summed E-state index contributed by atoms with van der Waals surface area (Å²) in [6.45, 7) is 4.63. The third kappa shape index (κ3) is 5.44. The van der Waals surface area contributed by atoms with Crippen LogP contribution in [0.3, 0.4) is 0 Å². The number of rotatable bonds is 8. The van der Waals surface area contributed by atoms with E-state index in [4.69, 9.17) is 0 Å². The predicted molar refractivity (Wildman–Crippen MR) is 121 cm³/mol. The quantitative estimate of drug-likeness (QED) is 0.488. The van der Waals surface area contributed by atoms with Crippen LogP contribution in [-0.4, -0.2) is 49.0 Å². The average molecular weight is 441 g/mol. The van der Waals surface area contributed by atoms with Crippen molar-refractivity contribution in [3.63, 3.8) is 0 Å². The van der Waals surface area contributed by atoms with E-state index in [1.54, 1.807) is 0 Å². The minimum absolute atomic E-state index is 0.0493. The molecule has 32 heavy (non-hydrogen) atoms. The molecule has 1 amide bonds. The number of amides is 1. The molecule has 7 heteroatoms. The summed E-state index contributed by atoms with van der Waals surface area (Å²) < 4.78 is 28.1. The van der Waals surface area contributed by atoms with Gasteiger partial charge in [0.25, 0.3) is 0 Å². The summed E-state index contributed by atoms with van der Waals surface area (Å²) in [5.74, 6) is -0.208. The van der Waals surface area contributed by atoms with E-state index in [-0.39, 0.29) is 29.3 Å². The summed E-state index contributed by atoms with van der Waals surface area (Å²) in [5, 5.41) is 6.50. The Balaban J connectivity index is 1.29. The number of carbonyl (C=O) groups excluding carboxylic acids is 1. The largest absolute Gasteiger partial charge is 0.357 e. The number of nitrogens with one attached hydrogen (secondary N) is 2. The molecule has 1 saturated carbocycles. The van der Waals surface area contributed by atoms with Gasteiger partial charge >= 0.3 is 0 Å². The Morgan fingerprint density at radius 3 is 2.59 bits per heavy atom. The number of hydrogen-bond donors (Lipinski definition) is 2. The Bertz CT molecular complexity index is 945. The van der Waals surface area contributed by atoms with Gasteiger partial charge in [-0.2, -0.15) is 0 Å². The van der Waals surface area contributed by atoms with Crippen molar-refractivity contribution >= 4 is 11.9 Å². The van der Waals surface area contributed by atoms with E-state index in [9.17, 15) is 13.6 Å². The van der Waals surface area contributed by atoms with E-state index in [1.165, 1.54) is 23.8 Å². The third-order valence-electron chi connectivity index (χ3n) is 6.14. The van der Waals surface area contributed by atoms with Gasteiger partial charge in [-0.25, -0.2) is 8.78 Å². The van der Waals surface area contributed by atoms with Gasteiger partial charge in [0.05, 0.1) is 0 Å². The smallest absolute Gasteiger partial charge is 0.223 e. The molecule has 5 nitrogen and oxygen atoms in total. The van der Waals surface area contributed by atoms with Crippen molar-refractivity contribution in [3.8, 4) is 0 Å². The van der Waals surface area contributed by atoms with Crippen molar-refractivity contribution in [3.05, 3.63) is 71.3 Å². The van der Waals surface area contributed by atoms with Crippen LogP contribution >= 0.6 is 0 Å². The fraction of sp³-hybridized carbons (Fsp3) is 0.440. The molecule has 2 aromatic carbocycles. The van der Waals surface area contributed by atoms with Gasteiger partial charge in [0.2, 0.25) is 5.91 Å². The highest BCUT2D eigenvalue weighted by Gasteiger charge is 2.42. The summed E-state index contributed by atoms with van der Waals surface area (Å²) in [4.78, 5) is 19.0. The molecular weight excluding hydrogens is 410 g/mol. The first-order valence-electron chi connectivity index (χ1n) is 11.4. The zero-order chi connectivity index (χ0) is 22.5. The summed E-state index contributed by atoms with van der Waals surface area (Å²) in [7, 11) is 0. The fourth-order valence-electron chi connectivity index (χ4n) is 4.36. The molecule has 0 aromatic heterocycles. The van der Waals surface area contributed by atoms with Crippen molar-refractivity contribution < 1.29 is 13.6 Å². The first-order chi connectivity index (χ1) is 15.5. The molecule has 0 bridgehead atoms. The topological polar surface area (TPSA) is 56.7 Å². The summed E-state index contributed by atoms with van der Waals surface area (Å²) in [6, 6.07) is 14.1. The Labute approximate surface area is 187 Å². The van der Waals surface area contributed by atoms with Gasteiger partial charge in [0.15, 0.2) is 5.96 Å². The number of aliphatic imine (C=N–C) groups is 1. The lowest BCUT2D eigenvalue weighted by Gasteiger charge is -2.16. The molecule has 1 aliphatic carbocycles. The summed E-state index contributed by atoms with van der Waals surface area (Å²) >= 11 is 0. The van der Waals surface area contributed by atoms with Crippen molar-refractivity contribution in [2.75, 3.05) is 26.2 Å². The molecule has 3 unspecified atom stereocenters. The molecule has 1 saturated heterocycles. The third-order valence-corrected chi connectivity index (χ3v) is 6.14. The van der Waals surface area contributed by atoms with Crippen molar-refractivity contribution in [2.45, 2.75) is 38.1 Å². The van der Waals surface area contributed by atoms with Crippen LogP contribution in [0.5, 0.6) is 0 Å². The van der Waals surface area contributed by atoms with Crippen LogP contribution in [0.25, 0.3) is 0 Å². The number of hydrogen-bond acceptors (Lipinski definition) is 2. The van der Waals surface area contributed by atoms with Crippen LogP contribution in [0.2, 0.25) is 0 Å². The minimum Gasteiger partial charge on any atom is -0.357 e. The summed E-state index contributed by atoms with van der Waals surface area (Å²) in [5.41, 5.74) is 1.38. The first-order valence-corrected chi connectivity index (χ1v) is 11.4. The highest BCUT2D eigenvalue weighted by molar-refractivity contribution is 5.81. The number of likely N-dealkylation sites (tertiary alicyclic amines) is 1. The number of guanidine groups is 1. The second-order valence-electron chi connectivity index (χ2n) is 8.59.